The lowest BCUT2D eigenvalue weighted by Gasteiger charge is -2.15. The van der Waals surface area contributed by atoms with E-state index in [0.717, 1.165) is 11.1 Å². The Morgan fingerprint density at radius 1 is 0.625 bits per heavy atom. The van der Waals surface area contributed by atoms with Crippen molar-refractivity contribution in [3.8, 4) is 0 Å². The second-order valence-corrected chi connectivity index (χ2v) is 7.50. The topological polar surface area (TPSA) is 133 Å². The van der Waals surface area contributed by atoms with Gasteiger partial charge in [-0.05, 0) is 24.0 Å². The highest BCUT2D eigenvalue weighted by Crippen LogP contribution is 2.07. The summed E-state index contributed by atoms with van der Waals surface area (Å²) in [6, 6.07) is 16.0. The van der Waals surface area contributed by atoms with Crippen LogP contribution in [-0.4, -0.2) is 46.0 Å². The summed E-state index contributed by atoms with van der Waals surface area (Å²) in [5.74, 6) is -3.03. The molecule has 0 bridgehead atoms. The fourth-order valence-electron chi connectivity index (χ4n) is 3.20. The summed E-state index contributed by atoms with van der Waals surface area (Å²) in [6.07, 6.45) is 1.29. The Kier molecular flexibility index (Phi) is 9.90. The zero-order valence-corrected chi connectivity index (χ0v) is 17.7. The van der Waals surface area contributed by atoms with E-state index in [2.05, 4.69) is 10.6 Å². The van der Waals surface area contributed by atoms with Crippen LogP contribution in [0.15, 0.2) is 60.7 Å². The van der Waals surface area contributed by atoms with Gasteiger partial charge in [-0.25, -0.2) is 9.59 Å². The summed E-state index contributed by atoms with van der Waals surface area (Å²) >= 11 is 0. The average Bonchev–Trinajstić information content (AvgIpc) is 2.77. The Labute approximate surface area is 186 Å². The van der Waals surface area contributed by atoms with Crippen LogP contribution in [0.4, 0.5) is 0 Å². The van der Waals surface area contributed by atoms with E-state index in [9.17, 15) is 29.4 Å². The number of nitrogens with one attached hydrogen (secondary N) is 2. The summed E-state index contributed by atoms with van der Waals surface area (Å²) in [7, 11) is 0. The van der Waals surface area contributed by atoms with Crippen molar-refractivity contribution in [1.82, 2.24) is 10.6 Å². The molecule has 0 aliphatic rings. The molecule has 8 heteroatoms. The Balaban J connectivity index is 1.71. The molecule has 2 aromatic rings. The molecule has 32 heavy (non-hydrogen) atoms. The maximum atomic E-state index is 12.1. The molecule has 0 spiro atoms. The fraction of sp³-hybridized carbons (Fsp3) is 0.333. The first-order chi connectivity index (χ1) is 15.3. The first kappa shape index (κ1) is 24.6. The van der Waals surface area contributed by atoms with Crippen LogP contribution in [0.2, 0.25) is 0 Å². The Hall–Kier alpha value is -3.68. The van der Waals surface area contributed by atoms with E-state index in [0.29, 0.717) is 12.8 Å². The maximum absolute atomic E-state index is 12.1. The van der Waals surface area contributed by atoms with E-state index in [-0.39, 0.29) is 25.7 Å². The van der Waals surface area contributed by atoms with E-state index in [1.54, 1.807) is 48.5 Å². The lowest BCUT2D eigenvalue weighted by Crippen LogP contribution is -2.42. The Morgan fingerprint density at radius 2 is 0.969 bits per heavy atom. The molecule has 2 rings (SSSR count). The van der Waals surface area contributed by atoms with Crippen LogP contribution in [0.1, 0.15) is 36.8 Å². The SMILES string of the molecule is O=C(CCCCC(=O)N[C@@H](Cc1ccccc1)C(=O)O)N[C@@H](Cc1ccccc1)C(=O)O. The number of carboxylic acids is 2. The molecule has 0 aromatic heterocycles. The minimum absolute atomic E-state index is 0.0816. The van der Waals surface area contributed by atoms with Crippen LogP contribution >= 0.6 is 0 Å². The lowest BCUT2D eigenvalue weighted by atomic mass is 10.1. The van der Waals surface area contributed by atoms with E-state index >= 15 is 0 Å². The monoisotopic (exact) mass is 440 g/mol. The van der Waals surface area contributed by atoms with Crippen molar-refractivity contribution in [3.05, 3.63) is 71.8 Å². The number of benzene rings is 2. The first-order valence-electron chi connectivity index (χ1n) is 10.5. The number of aliphatic carboxylic acids is 2. The minimum Gasteiger partial charge on any atom is -0.480 e. The lowest BCUT2D eigenvalue weighted by molar-refractivity contribution is -0.142. The van der Waals surface area contributed by atoms with Crippen molar-refractivity contribution >= 4 is 23.8 Å². The molecule has 0 aliphatic carbocycles. The zero-order chi connectivity index (χ0) is 23.3. The average molecular weight is 440 g/mol. The van der Waals surface area contributed by atoms with Gasteiger partial charge in [0.1, 0.15) is 12.1 Å². The van der Waals surface area contributed by atoms with Gasteiger partial charge < -0.3 is 20.8 Å². The molecule has 0 saturated heterocycles. The number of hydrogen-bond acceptors (Lipinski definition) is 4. The standard InChI is InChI=1S/C24H28N2O6/c27-21(25-19(23(29)30)15-17-9-3-1-4-10-17)13-7-8-14-22(28)26-20(24(31)32)16-18-11-5-2-6-12-18/h1-6,9-12,19-20H,7-8,13-16H2,(H,25,27)(H,26,28)(H,29,30)(H,31,32)/t19-,20-/m0/s1. The minimum atomic E-state index is -1.11. The van der Waals surface area contributed by atoms with Gasteiger partial charge in [0.15, 0.2) is 0 Å². The number of carboxylic acid groups (broad SMARTS) is 2. The molecule has 0 aliphatic heterocycles. The predicted octanol–water partition coefficient (Wildman–Crippen LogP) is 2.17. The van der Waals surface area contributed by atoms with Crippen molar-refractivity contribution in [3.63, 3.8) is 0 Å². The molecule has 0 heterocycles. The predicted molar refractivity (Wildman–Crippen MR) is 118 cm³/mol. The highest BCUT2D eigenvalue weighted by molar-refractivity contribution is 5.84. The molecule has 0 saturated carbocycles. The van der Waals surface area contributed by atoms with Crippen molar-refractivity contribution < 1.29 is 29.4 Å². The van der Waals surface area contributed by atoms with E-state index in [1.165, 1.54) is 0 Å². The Bertz CT molecular complexity index is 826. The van der Waals surface area contributed by atoms with Crippen molar-refractivity contribution in [1.29, 1.82) is 0 Å². The van der Waals surface area contributed by atoms with Crippen molar-refractivity contribution in [2.24, 2.45) is 0 Å². The van der Waals surface area contributed by atoms with Gasteiger partial charge in [-0.1, -0.05) is 60.7 Å². The molecular formula is C24H28N2O6. The van der Waals surface area contributed by atoms with E-state index in [4.69, 9.17) is 0 Å². The van der Waals surface area contributed by atoms with Crippen LogP contribution in [0.5, 0.6) is 0 Å². The molecule has 0 radical (unpaired) electrons. The first-order valence-corrected chi connectivity index (χ1v) is 10.5. The van der Waals surface area contributed by atoms with Gasteiger partial charge in [0.05, 0.1) is 0 Å². The number of unbranched alkanes of at least 4 members (excludes halogenated alkanes) is 1. The normalized spacial score (nSPS) is 12.4. The molecule has 170 valence electrons. The van der Waals surface area contributed by atoms with Crippen LogP contribution in [0.25, 0.3) is 0 Å². The summed E-state index contributed by atoms with van der Waals surface area (Å²) in [5.41, 5.74) is 1.61. The Morgan fingerprint density at radius 3 is 1.28 bits per heavy atom. The van der Waals surface area contributed by atoms with Crippen LogP contribution in [-0.2, 0) is 32.0 Å². The van der Waals surface area contributed by atoms with Gasteiger partial charge >= 0.3 is 11.9 Å². The molecule has 0 fully saturated rings. The van der Waals surface area contributed by atoms with Crippen molar-refractivity contribution in [2.75, 3.05) is 0 Å². The molecule has 2 amide bonds. The van der Waals surface area contributed by atoms with Gasteiger partial charge in [-0.3, -0.25) is 9.59 Å². The largest absolute Gasteiger partial charge is 0.480 e. The summed E-state index contributed by atoms with van der Waals surface area (Å²) < 4.78 is 0. The van der Waals surface area contributed by atoms with Crippen LogP contribution < -0.4 is 10.6 Å². The van der Waals surface area contributed by atoms with E-state index < -0.39 is 35.8 Å². The molecule has 4 N–H and O–H groups in total. The highest BCUT2D eigenvalue weighted by atomic mass is 16.4. The molecule has 2 aromatic carbocycles. The second-order valence-electron chi connectivity index (χ2n) is 7.50. The zero-order valence-electron chi connectivity index (χ0n) is 17.7. The number of carbonyl (C=O) groups is 4. The maximum Gasteiger partial charge on any atom is 0.326 e. The van der Waals surface area contributed by atoms with E-state index in [1.807, 2.05) is 12.1 Å². The molecule has 2 atom stereocenters. The fourth-order valence-corrected chi connectivity index (χ4v) is 3.20. The molecular weight excluding hydrogens is 412 g/mol. The second kappa shape index (κ2) is 12.9. The smallest absolute Gasteiger partial charge is 0.326 e. The van der Waals surface area contributed by atoms with Gasteiger partial charge in [-0.2, -0.15) is 0 Å². The number of hydrogen-bond donors (Lipinski definition) is 4. The molecule has 8 nitrogen and oxygen atoms in total. The molecule has 0 unspecified atom stereocenters. The quantitative estimate of drug-likeness (QED) is 0.353. The highest BCUT2D eigenvalue weighted by Gasteiger charge is 2.21. The van der Waals surface area contributed by atoms with Gasteiger partial charge in [0, 0.05) is 25.7 Å². The van der Waals surface area contributed by atoms with Gasteiger partial charge in [-0.15, -0.1) is 0 Å². The third kappa shape index (κ3) is 8.99. The third-order valence-corrected chi connectivity index (χ3v) is 4.89. The van der Waals surface area contributed by atoms with Gasteiger partial charge in [0.2, 0.25) is 11.8 Å². The number of amides is 2. The number of carbonyl (C=O) groups excluding carboxylic acids is 2. The summed E-state index contributed by atoms with van der Waals surface area (Å²) in [4.78, 5) is 47.1. The van der Waals surface area contributed by atoms with Crippen molar-refractivity contribution in [2.45, 2.75) is 50.6 Å². The van der Waals surface area contributed by atoms with Crippen LogP contribution in [0.3, 0.4) is 0 Å². The summed E-state index contributed by atoms with van der Waals surface area (Å²) in [6.45, 7) is 0. The van der Waals surface area contributed by atoms with Gasteiger partial charge in [0.25, 0.3) is 0 Å². The van der Waals surface area contributed by atoms with Crippen LogP contribution in [0, 0.1) is 0 Å². The number of rotatable bonds is 13. The summed E-state index contributed by atoms with van der Waals surface area (Å²) in [5, 5.41) is 23.7. The third-order valence-electron chi connectivity index (χ3n) is 4.89.